The molecule has 4 rings (SSSR count). The van der Waals surface area contributed by atoms with E-state index in [2.05, 4.69) is 15.4 Å². The summed E-state index contributed by atoms with van der Waals surface area (Å²) in [5.74, 6) is -1.11. The van der Waals surface area contributed by atoms with Crippen LogP contribution in [0.1, 0.15) is 40.9 Å². The van der Waals surface area contributed by atoms with Crippen LogP contribution in [0.2, 0.25) is 0 Å². The molecule has 1 amide bonds. The third-order valence-corrected chi connectivity index (χ3v) is 5.62. The SMILES string of the molecule is CC(C)Oc1nc(-c2ccc(C(F)(F)F)cc2)n(-c2ccc(NC(=O)c3cc(C(F)(F)F)cc(C(F)(F)F)c3)cc2)n1. The number of nitrogens with zero attached hydrogens (tertiary/aromatic N) is 3. The van der Waals surface area contributed by atoms with Crippen molar-refractivity contribution < 1.29 is 49.0 Å². The predicted molar refractivity (Wildman–Crippen MR) is 132 cm³/mol. The van der Waals surface area contributed by atoms with E-state index in [4.69, 9.17) is 4.74 Å². The van der Waals surface area contributed by atoms with Crippen LogP contribution in [0.15, 0.2) is 66.7 Å². The van der Waals surface area contributed by atoms with Gasteiger partial charge in [0, 0.05) is 16.8 Å². The van der Waals surface area contributed by atoms with Crippen molar-refractivity contribution in [2.75, 3.05) is 5.32 Å². The fourth-order valence-electron chi connectivity index (χ4n) is 3.70. The lowest BCUT2D eigenvalue weighted by Crippen LogP contribution is -2.17. The normalized spacial score (nSPS) is 12.5. The summed E-state index contributed by atoms with van der Waals surface area (Å²) in [6.07, 6.45) is -15.1. The number of hydrogen-bond acceptors (Lipinski definition) is 4. The van der Waals surface area contributed by atoms with Crippen molar-refractivity contribution in [1.82, 2.24) is 14.8 Å². The topological polar surface area (TPSA) is 69.0 Å². The largest absolute Gasteiger partial charge is 0.460 e. The van der Waals surface area contributed by atoms with Gasteiger partial charge >= 0.3 is 24.5 Å². The Balaban J connectivity index is 1.64. The molecule has 6 nitrogen and oxygen atoms in total. The number of nitrogens with one attached hydrogen (secondary N) is 1. The molecule has 222 valence electrons. The number of halogens is 9. The first-order valence-electron chi connectivity index (χ1n) is 11.9. The van der Waals surface area contributed by atoms with Crippen LogP contribution in [0.3, 0.4) is 0 Å². The second kappa shape index (κ2) is 11.0. The van der Waals surface area contributed by atoms with Crippen LogP contribution in [-0.4, -0.2) is 26.8 Å². The van der Waals surface area contributed by atoms with Crippen LogP contribution >= 0.6 is 0 Å². The number of amides is 1. The van der Waals surface area contributed by atoms with Crippen LogP contribution in [0, 0.1) is 0 Å². The summed E-state index contributed by atoms with van der Waals surface area (Å²) in [7, 11) is 0. The fraction of sp³-hybridized carbons (Fsp3) is 0.222. The van der Waals surface area contributed by atoms with E-state index in [1.165, 1.54) is 41.1 Å². The van der Waals surface area contributed by atoms with Crippen molar-refractivity contribution in [1.29, 1.82) is 0 Å². The summed E-state index contributed by atoms with van der Waals surface area (Å²) in [4.78, 5) is 16.9. The van der Waals surface area contributed by atoms with Crippen LogP contribution in [0.4, 0.5) is 45.2 Å². The highest BCUT2D eigenvalue weighted by atomic mass is 19.4. The summed E-state index contributed by atoms with van der Waals surface area (Å²) >= 11 is 0. The Morgan fingerprint density at radius 1 is 0.762 bits per heavy atom. The second-order valence-electron chi connectivity index (χ2n) is 9.17. The van der Waals surface area contributed by atoms with E-state index in [1.807, 2.05) is 0 Å². The number of aromatic nitrogens is 3. The van der Waals surface area contributed by atoms with Gasteiger partial charge in [-0.25, -0.2) is 4.68 Å². The standard InChI is InChI=1S/C27H19F9N4O2/c1-14(2)42-24-38-22(15-3-5-17(6-4-15)25(28,29)30)40(39-24)21-9-7-20(8-10-21)37-23(41)16-11-18(26(31,32)33)13-19(12-16)27(34,35)36/h3-14H,1-2H3,(H,37,41). The van der Waals surface area contributed by atoms with E-state index in [9.17, 15) is 44.3 Å². The highest BCUT2D eigenvalue weighted by molar-refractivity contribution is 6.04. The van der Waals surface area contributed by atoms with Crippen molar-refractivity contribution >= 4 is 11.6 Å². The van der Waals surface area contributed by atoms with E-state index >= 15 is 0 Å². The molecular weight excluding hydrogens is 583 g/mol. The maximum absolute atomic E-state index is 13.2. The highest BCUT2D eigenvalue weighted by Gasteiger charge is 2.37. The lowest BCUT2D eigenvalue weighted by Gasteiger charge is -2.14. The Labute approximate surface area is 231 Å². The molecule has 0 aliphatic heterocycles. The Kier molecular flexibility index (Phi) is 7.98. The molecule has 0 aliphatic carbocycles. The van der Waals surface area contributed by atoms with E-state index in [1.54, 1.807) is 13.8 Å². The molecule has 0 bridgehead atoms. The van der Waals surface area contributed by atoms with Gasteiger partial charge in [0.15, 0.2) is 5.82 Å². The molecule has 0 saturated carbocycles. The Morgan fingerprint density at radius 3 is 1.76 bits per heavy atom. The first-order chi connectivity index (χ1) is 19.4. The van der Waals surface area contributed by atoms with Gasteiger partial charge in [-0.15, -0.1) is 5.10 Å². The molecule has 0 aliphatic rings. The zero-order valence-electron chi connectivity index (χ0n) is 21.5. The fourth-order valence-corrected chi connectivity index (χ4v) is 3.70. The predicted octanol–water partition coefficient (Wildman–Crippen LogP) is 8.03. The van der Waals surface area contributed by atoms with E-state index < -0.39 is 46.7 Å². The van der Waals surface area contributed by atoms with Gasteiger partial charge in [-0.1, -0.05) is 12.1 Å². The molecule has 1 heterocycles. The van der Waals surface area contributed by atoms with Gasteiger partial charge < -0.3 is 10.1 Å². The van der Waals surface area contributed by atoms with Gasteiger partial charge in [-0.2, -0.15) is 44.5 Å². The van der Waals surface area contributed by atoms with Crippen molar-refractivity contribution in [2.24, 2.45) is 0 Å². The molecule has 0 saturated heterocycles. The number of hydrogen-bond donors (Lipinski definition) is 1. The quantitative estimate of drug-likeness (QED) is 0.227. The molecule has 0 unspecified atom stereocenters. The van der Waals surface area contributed by atoms with E-state index in [0.717, 1.165) is 12.1 Å². The van der Waals surface area contributed by atoms with Crippen molar-refractivity contribution in [3.8, 4) is 23.1 Å². The Hall–Kier alpha value is -4.56. The van der Waals surface area contributed by atoms with E-state index in [-0.39, 0.29) is 35.3 Å². The third kappa shape index (κ3) is 7.01. The molecule has 0 atom stereocenters. The van der Waals surface area contributed by atoms with Crippen LogP contribution in [0.5, 0.6) is 6.01 Å². The second-order valence-corrected chi connectivity index (χ2v) is 9.17. The van der Waals surface area contributed by atoms with Gasteiger partial charge in [-0.3, -0.25) is 4.79 Å². The van der Waals surface area contributed by atoms with Gasteiger partial charge in [0.25, 0.3) is 5.91 Å². The minimum Gasteiger partial charge on any atom is -0.460 e. The molecule has 1 aromatic heterocycles. The van der Waals surface area contributed by atoms with Gasteiger partial charge in [0.2, 0.25) is 0 Å². The lowest BCUT2D eigenvalue weighted by molar-refractivity contribution is -0.143. The van der Waals surface area contributed by atoms with Crippen molar-refractivity contribution in [2.45, 2.75) is 38.5 Å². The lowest BCUT2D eigenvalue weighted by atomic mass is 10.0. The molecule has 3 aromatic carbocycles. The van der Waals surface area contributed by atoms with Crippen molar-refractivity contribution in [3.63, 3.8) is 0 Å². The monoisotopic (exact) mass is 602 g/mol. The number of ether oxygens (including phenoxy) is 1. The molecule has 0 radical (unpaired) electrons. The molecular formula is C27H19F9N4O2. The molecule has 0 fully saturated rings. The first-order valence-corrected chi connectivity index (χ1v) is 11.9. The van der Waals surface area contributed by atoms with Gasteiger partial charge in [0.1, 0.15) is 0 Å². The zero-order valence-corrected chi connectivity index (χ0v) is 21.5. The average Bonchev–Trinajstić information content (AvgIpc) is 3.30. The number of benzene rings is 3. The van der Waals surface area contributed by atoms with Crippen LogP contribution in [-0.2, 0) is 18.5 Å². The van der Waals surface area contributed by atoms with E-state index in [0.29, 0.717) is 17.8 Å². The number of anilines is 1. The molecule has 15 heteroatoms. The molecule has 4 aromatic rings. The Bertz CT molecular complexity index is 1540. The zero-order chi connectivity index (χ0) is 31.0. The number of rotatable bonds is 6. The summed E-state index contributed by atoms with van der Waals surface area (Å²) in [6, 6.07) is 9.96. The average molecular weight is 602 g/mol. The summed E-state index contributed by atoms with van der Waals surface area (Å²) in [5, 5.41) is 6.47. The minimum atomic E-state index is -5.13. The van der Waals surface area contributed by atoms with Crippen LogP contribution in [0.25, 0.3) is 17.1 Å². The van der Waals surface area contributed by atoms with Crippen molar-refractivity contribution in [3.05, 3.63) is 89.0 Å². The maximum atomic E-state index is 13.2. The Morgan fingerprint density at radius 2 is 1.29 bits per heavy atom. The summed E-state index contributed by atoms with van der Waals surface area (Å²) in [5.41, 5.74) is -4.44. The molecule has 1 N–H and O–H groups in total. The molecule has 0 spiro atoms. The third-order valence-electron chi connectivity index (χ3n) is 5.62. The highest BCUT2D eigenvalue weighted by Crippen LogP contribution is 2.37. The number of alkyl halides is 9. The maximum Gasteiger partial charge on any atom is 0.416 e. The first kappa shape index (κ1) is 30.4. The molecule has 42 heavy (non-hydrogen) atoms. The number of carbonyl (C=O) groups is 1. The number of carbonyl (C=O) groups excluding carboxylic acids is 1. The smallest absolute Gasteiger partial charge is 0.416 e. The minimum absolute atomic E-state index is 0.0181. The summed E-state index contributed by atoms with van der Waals surface area (Å²) in [6.45, 7) is 3.41. The van der Waals surface area contributed by atoms with Gasteiger partial charge in [0.05, 0.1) is 28.5 Å². The van der Waals surface area contributed by atoms with Crippen LogP contribution < -0.4 is 10.1 Å². The van der Waals surface area contributed by atoms with Gasteiger partial charge in [-0.05, 0) is 68.4 Å². The summed E-state index contributed by atoms with van der Waals surface area (Å²) < 4.78 is 125.